The van der Waals surface area contributed by atoms with E-state index in [9.17, 15) is 0 Å². The van der Waals surface area contributed by atoms with Crippen LogP contribution in [0.25, 0.3) is 5.69 Å². The van der Waals surface area contributed by atoms with Crippen LogP contribution in [0.5, 0.6) is 0 Å². The van der Waals surface area contributed by atoms with Gasteiger partial charge in [0.25, 0.3) is 0 Å². The molecule has 2 heterocycles. The number of aromatic nitrogens is 3. The molecule has 0 bridgehead atoms. The van der Waals surface area contributed by atoms with Gasteiger partial charge in [-0.2, -0.15) is 5.10 Å². The molecule has 0 aliphatic rings. The van der Waals surface area contributed by atoms with Crippen LogP contribution in [0.2, 0.25) is 0 Å². The van der Waals surface area contributed by atoms with Gasteiger partial charge in [0.05, 0.1) is 5.69 Å². The third kappa shape index (κ3) is 1.51. The molecule has 0 amide bonds. The van der Waals surface area contributed by atoms with Crippen molar-refractivity contribution in [3.8, 4) is 5.69 Å². The van der Waals surface area contributed by atoms with Gasteiger partial charge in [-0.05, 0) is 12.1 Å². The lowest BCUT2D eigenvalue weighted by Gasteiger charge is -2.02. The van der Waals surface area contributed by atoms with Gasteiger partial charge in [-0.3, -0.25) is 0 Å². The van der Waals surface area contributed by atoms with Crippen LogP contribution in [0, 0.1) is 0 Å². The predicted octanol–water partition coefficient (Wildman–Crippen LogP) is 1.31. The molecule has 1 N–H and O–H groups in total. The molecule has 0 aliphatic carbocycles. The third-order valence-electron chi connectivity index (χ3n) is 1.77. The average Bonchev–Trinajstić information content (AvgIpc) is 2.71. The van der Waals surface area contributed by atoms with Crippen LogP contribution >= 0.6 is 0 Å². The summed E-state index contributed by atoms with van der Waals surface area (Å²) in [6, 6.07) is 5.74. The van der Waals surface area contributed by atoms with E-state index in [0.29, 0.717) is 0 Å². The van der Waals surface area contributed by atoms with Crippen molar-refractivity contribution in [2.45, 2.75) is 0 Å². The molecule has 0 spiro atoms. The second-order valence-corrected chi connectivity index (χ2v) is 2.60. The van der Waals surface area contributed by atoms with E-state index in [1.54, 1.807) is 17.1 Å². The van der Waals surface area contributed by atoms with E-state index in [1.807, 2.05) is 31.4 Å². The highest BCUT2D eigenvalue weighted by atomic mass is 15.3. The Balaban J connectivity index is 2.41. The first-order valence-electron chi connectivity index (χ1n) is 4.04. The molecule has 0 fully saturated rings. The standard InChI is InChI=1S/C9H10N4/c1-10-9-7-8(3-5-11-9)13-6-2-4-12-13/h2-7H,1H3,(H,10,11). The van der Waals surface area contributed by atoms with Crippen molar-refractivity contribution in [3.05, 3.63) is 36.8 Å². The molecular formula is C9H10N4. The van der Waals surface area contributed by atoms with Crippen LogP contribution < -0.4 is 5.32 Å². The first-order chi connectivity index (χ1) is 6.40. The normalized spacial score (nSPS) is 9.92. The SMILES string of the molecule is CNc1cc(-n2cccn2)ccn1. The largest absolute Gasteiger partial charge is 0.373 e. The molecule has 4 heteroatoms. The summed E-state index contributed by atoms with van der Waals surface area (Å²) in [5.74, 6) is 0.841. The Morgan fingerprint density at radius 1 is 1.38 bits per heavy atom. The minimum absolute atomic E-state index is 0.841. The van der Waals surface area contributed by atoms with Gasteiger partial charge < -0.3 is 5.32 Å². The minimum Gasteiger partial charge on any atom is -0.373 e. The van der Waals surface area contributed by atoms with Crippen molar-refractivity contribution in [1.82, 2.24) is 14.8 Å². The molecule has 4 nitrogen and oxygen atoms in total. The van der Waals surface area contributed by atoms with Crippen molar-refractivity contribution in [2.75, 3.05) is 12.4 Å². The topological polar surface area (TPSA) is 42.7 Å². The number of nitrogens with zero attached hydrogens (tertiary/aromatic N) is 3. The summed E-state index contributed by atoms with van der Waals surface area (Å²) < 4.78 is 1.79. The minimum atomic E-state index is 0.841. The lowest BCUT2D eigenvalue weighted by molar-refractivity contribution is 0.878. The van der Waals surface area contributed by atoms with Gasteiger partial charge in [-0.1, -0.05) is 0 Å². The van der Waals surface area contributed by atoms with Gasteiger partial charge in [-0.25, -0.2) is 9.67 Å². The Labute approximate surface area is 76.2 Å². The smallest absolute Gasteiger partial charge is 0.127 e. The molecule has 2 aromatic rings. The lowest BCUT2D eigenvalue weighted by Crippen LogP contribution is -1.97. The highest BCUT2D eigenvalue weighted by Gasteiger charge is 1.96. The van der Waals surface area contributed by atoms with Crippen LogP contribution in [0.3, 0.4) is 0 Å². The highest BCUT2D eigenvalue weighted by Crippen LogP contribution is 2.09. The van der Waals surface area contributed by atoms with Crippen molar-refractivity contribution < 1.29 is 0 Å². The Hall–Kier alpha value is -1.84. The van der Waals surface area contributed by atoms with Crippen molar-refractivity contribution in [2.24, 2.45) is 0 Å². The zero-order valence-corrected chi connectivity index (χ0v) is 7.31. The number of hydrogen-bond acceptors (Lipinski definition) is 3. The average molecular weight is 174 g/mol. The summed E-state index contributed by atoms with van der Waals surface area (Å²) in [4.78, 5) is 4.12. The third-order valence-corrected chi connectivity index (χ3v) is 1.77. The van der Waals surface area contributed by atoms with Crippen molar-refractivity contribution in [1.29, 1.82) is 0 Å². The lowest BCUT2D eigenvalue weighted by atomic mass is 10.4. The van der Waals surface area contributed by atoms with Gasteiger partial charge in [0, 0.05) is 31.7 Å². The van der Waals surface area contributed by atoms with Crippen LogP contribution in [0.1, 0.15) is 0 Å². The second kappa shape index (κ2) is 3.26. The van der Waals surface area contributed by atoms with Crippen LogP contribution in [0.15, 0.2) is 36.8 Å². The number of anilines is 1. The van der Waals surface area contributed by atoms with Gasteiger partial charge in [0.15, 0.2) is 0 Å². The van der Waals surface area contributed by atoms with Crippen molar-refractivity contribution in [3.63, 3.8) is 0 Å². The van der Waals surface area contributed by atoms with E-state index in [0.717, 1.165) is 11.5 Å². The maximum absolute atomic E-state index is 4.12. The molecule has 0 saturated carbocycles. The first-order valence-corrected chi connectivity index (χ1v) is 4.04. The van der Waals surface area contributed by atoms with E-state index >= 15 is 0 Å². The fraction of sp³-hybridized carbons (Fsp3) is 0.111. The molecule has 0 aliphatic heterocycles. The van der Waals surface area contributed by atoms with Crippen LogP contribution in [-0.2, 0) is 0 Å². The number of pyridine rings is 1. The molecular weight excluding hydrogens is 164 g/mol. The molecule has 0 radical (unpaired) electrons. The Morgan fingerprint density at radius 3 is 3.00 bits per heavy atom. The molecule has 0 atom stereocenters. The Bertz CT molecular complexity index is 380. The van der Waals surface area contributed by atoms with E-state index < -0.39 is 0 Å². The highest BCUT2D eigenvalue weighted by molar-refractivity contribution is 5.43. The fourth-order valence-corrected chi connectivity index (χ4v) is 1.12. The van der Waals surface area contributed by atoms with Crippen molar-refractivity contribution >= 4 is 5.82 Å². The maximum atomic E-state index is 4.12. The predicted molar refractivity (Wildman–Crippen MR) is 50.9 cm³/mol. The Morgan fingerprint density at radius 2 is 2.31 bits per heavy atom. The van der Waals surface area contributed by atoms with E-state index in [1.165, 1.54) is 0 Å². The second-order valence-electron chi connectivity index (χ2n) is 2.60. The first kappa shape index (κ1) is 7.79. The summed E-state index contributed by atoms with van der Waals surface area (Å²) >= 11 is 0. The quantitative estimate of drug-likeness (QED) is 0.746. The zero-order valence-electron chi connectivity index (χ0n) is 7.31. The van der Waals surface area contributed by atoms with Gasteiger partial charge in [0.1, 0.15) is 5.82 Å². The van der Waals surface area contributed by atoms with E-state index in [-0.39, 0.29) is 0 Å². The maximum Gasteiger partial charge on any atom is 0.127 e. The number of hydrogen-bond donors (Lipinski definition) is 1. The summed E-state index contributed by atoms with van der Waals surface area (Å²) in [5.41, 5.74) is 1.00. The summed E-state index contributed by atoms with van der Waals surface area (Å²) in [5, 5.41) is 7.10. The summed E-state index contributed by atoms with van der Waals surface area (Å²) in [6.45, 7) is 0. The Kier molecular flexibility index (Phi) is 1.96. The van der Waals surface area contributed by atoms with Crippen LogP contribution in [-0.4, -0.2) is 21.8 Å². The van der Waals surface area contributed by atoms with E-state index in [4.69, 9.17) is 0 Å². The molecule has 0 unspecified atom stereocenters. The summed E-state index contributed by atoms with van der Waals surface area (Å²) in [6.07, 6.45) is 5.40. The molecule has 2 aromatic heterocycles. The molecule has 0 aromatic carbocycles. The van der Waals surface area contributed by atoms with Gasteiger partial charge >= 0.3 is 0 Å². The van der Waals surface area contributed by atoms with Crippen LogP contribution in [0.4, 0.5) is 5.82 Å². The van der Waals surface area contributed by atoms with E-state index in [2.05, 4.69) is 15.4 Å². The number of rotatable bonds is 2. The fourth-order valence-electron chi connectivity index (χ4n) is 1.12. The molecule has 13 heavy (non-hydrogen) atoms. The zero-order chi connectivity index (χ0) is 9.10. The summed E-state index contributed by atoms with van der Waals surface area (Å²) in [7, 11) is 1.84. The van der Waals surface area contributed by atoms with Gasteiger partial charge in [0.2, 0.25) is 0 Å². The molecule has 66 valence electrons. The molecule has 2 rings (SSSR count). The molecule has 0 saturated heterocycles. The monoisotopic (exact) mass is 174 g/mol. The number of nitrogens with one attached hydrogen (secondary N) is 1. The van der Waals surface area contributed by atoms with Gasteiger partial charge in [-0.15, -0.1) is 0 Å².